The molecule has 20 heavy (non-hydrogen) atoms. The lowest BCUT2D eigenvalue weighted by Crippen LogP contribution is -2.19. The van der Waals surface area contributed by atoms with E-state index in [0.29, 0.717) is 16.1 Å². The fourth-order valence-electron chi connectivity index (χ4n) is 1.68. The van der Waals surface area contributed by atoms with Crippen molar-refractivity contribution >= 4 is 15.9 Å². The molecule has 0 saturated carbocycles. The lowest BCUT2D eigenvalue weighted by molar-refractivity contribution is 0.374. The van der Waals surface area contributed by atoms with Crippen LogP contribution in [0.5, 0.6) is 5.75 Å². The van der Waals surface area contributed by atoms with Gasteiger partial charge in [-0.3, -0.25) is 4.79 Å². The Morgan fingerprint density at radius 2 is 2.15 bits per heavy atom. The minimum Gasteiger partial charge on any atom is -0.495 e. The van der Waals surface area contributed by atoms with Crippen LogP contribution in [-0.2, 0) is 12.0 Å². The van der Waals surface area contributed by atoms with Gasteiger partial charge in [0.25, 0.3) is 5.56 Å². The predicted octanol–water partition coefficient (Wildman–Crippen LogP) is 2.95. The molecular formula is C14H17BrN2O3. The van der Waals surface area contributed by atoms with Gasteiger partial charge in [-0.2, -0.15) is 0 Å². The van der Waals surface area contributed by atoms with Crippen LogP contribution in [0.25, 0.3) is 0 Å². The van der Waals surface area contributed by atoms with Crippen LogP contribution in [0, 0.1) is 0 Å². The van der Waals surface area contributed by atoms with Gasteiger partial charge in [-0.15, -0.1) is 0 Å². The van der Waals surface area contributed by atoms with Crippen molar-refractivity contribution in [2.45, 2.75) is 32.7 Å². The van der Waals surface area contributed by atoms with Crippen molar-refractivity contribution in [1.29, 1.82) is 0 Å². The molecule has 0 aliphatic carbocycles. The zero-order valence-corrected chi connectivity index (χ0v) is 13.5. The zero-order valence-electron chi connectivity index (χ0n) is 11.9. The van der Waals surface area contributed by atoms with E-state index in [1.165, 1.54) is 17.7 Å². The molecule has 0 saturated heterocycles. The fraction of sp³-hybridized carbons (Fsp3) is 0.429. The van der Waals surface area contributed by atoms with Crippen LogP contribution in [0.15, 0.2) is 32.1 Å². The summed E-state index contributed by atoms with van der Waals surface area (Å²) in [5, 5.41) is 0. The number of oxazole rings is 1. The quantitative estimate of drug-likeness (QED) is 0.861. The van der Waals surface area contributed by atoms with Gasteiger partial charge >= 0.3 is 0 Å². The predicted molar refractivity (Wildman–Crippen MR) is 79.3 cm³/mol. The maximum absolute atomic E-state index is 12.0. The van der Waals surface area contributed by atoms with Crippen LogP contribution in [0.1, 0.15) is 32.4 Å². The highest BCUT2D eigenvalue weighted by Gasteiger charge is 2.19. The van der Waals surface area contributed by atoms with Crippen molar-refractivity contribution in [3.05, 3.63) is 44.9 Å². The van der Waals surface area contributed by atoms with Crippen molar-refractivity contribution < 1.29 is 9.15 Å². The minimum atomic E-state index is -0.166. The van der Waals surface area contributed by atoms with Crippen LogP contribution >= 0.6 is 15.9 Å². The summed E-state index contributed by atoms with van der Waals surface area (Å²) in [5.74, 6) is 1.82. The molecule has 0 spiro atoms. The second-order valence-electron chi connectivity index (χ2n) is 5.52. The lowest BCUT2D eigenvalue weighted by Gasteiger charge is -2.13. The number of methoxy groups -OCH3 is 1. The Morgan fingerprint density at radius 1 is 1.45 bits per heavy atom. The topological polar surface area (TPSA) is 57.3 Å². The van der Waals surface area contributed by atoms with E-state index in [0.717, 1.165) is 5.76 Å². The molecule has 0 aliphatic heterocycles. The van der Waals surface area contributed by atoms with Crippen LogP contribution in [0.2, 0.25) is 0 Å². The first-order valence-electron chi connectivity index (χ1n) is 6.20. The van der Waals surface area contributed by atoms with Crippen LogP contribution in [0.3, 0.4) is 0 Å². The van der Waals surface area contributed by atoms with E-state index in [2.05, 4.69) is 20.9 Å². The zero-order chi connectivity index (χ0) is 14.9. The van der Waals surface area contributed by atoms with Crippen molar-refractivity contribution in [1.82, 2.24) is 9.55 Å². The van der Waals surface area contributed by atoms with Crippen LogP contribution < -0.4 is 10.3 Å². The second kappa shape index (κ2) is 5.44. The van der Waals surface area contributed by atoms with Crippen molar-refractivity contribution in [2.75, 3.05) is 7.11 Å². The smallest absolute Gasteiger partial charge is 0.254 e. The summed E-state index contributed by atoms with van der Waals surface area (Å²) in [6, 6.07) is 1.43. The largest absolute Gasteiger partial charge is 0.495 e. The number of hydrogen-bond acceptors (Lipinski definition) is 4. The van der Waals surface area contributed by atoms with Gasteiger partial charge < -0.3 is 13.7 Å². The number of aromatic nitrogens is 2. The Labute approximate surface area is 125 Å². The van der Waals surface area contributed by atoms with E-state index in [9.17, 15) is 4.79 Å². The summed E-state index contributed by atoms with van der Waals surface area (Å²) < 4.78 is 13.0. The number of hydrogen-bond donors (Lipinski definition) is 0. The number of ether oxygens (including phenoxy) is 1. The molecule has 2 aromatic heterocycles. The third-order valence-corrected chi connectivity index (χ3v) is 3.46. The average molecular weight is 341 g/mol. The van der Waals surface area contributed by atoms with Crippen LogP contribution in [-0.4, -0.2) is 16.7 Å². The molecule has 6 heteroatoms. The Balaban J connectivity index is 2.29. The highest BCUT2D eigenvalue weighted by atomic mass is 79.9. The summed E-state index contributed by atoms with van der Waals surface area (Å²) in [4.78, 5) is 16.2. The Bertz CT molecular complexity index is 668. The molecule has 0 amide bonds. The van der Waals surface area contributed by atoms with Crippen molar-refractivity contribution in [3.8, 4) is 5.75 Å². The first-order chi connectivity index (χ1) is 9.31. The third-order valence-electron chi connectivity index (χ3n) is 2.86. The summed E-state index contributed by atoms with van der Waals surface area (Å²) in [6.07, 6.45) is 3.38. The maximum atomic E-state index is 12.0. The van der Waals surface area contributed by atoms with E-state index in [4.69, 9.17) is 9.15 Å². The van der Waals surface area contributed by atoms with E-state index < -0.39 is 0 Å². The molecule has 2 aromatic rings. The van der Waals surface area contributed by atoms with Gasteiger partial charge in [-0.1, -0.05) is 20.8 Å². The second-order valence-corrected chi connectivity index (χ2v) is 6.38. The molecule has 108 valence electrons. The molecule has 0 aliphatic rings. The Hall–Kier alpha value is -1.56. The van der Waals surface area contributed by atoms with Gasteiger partial charge in [0, 0.05) is 17.7 Å². The number of rotatable bonds is 3. The van der Waals surface area contributed by atoms with E-state index >= 15 is 0 Å². The summed E-state index contributed by atoms with van der Waals surface area (Å²) >= 11 is 3.36. The molecule has 0 radical (unpaired) electrons. The van der Waals surface area contributed by atoms with Gasteiger partial charge in [0.1, 0.15) is 18.1 Å². The fourth-order valence-corrected chi connectivity index (χ4v) is 2.21. The molecule has 0 atom stereocenters. The molecule has 0 N–H and O–H groups in total. The summed E-state index contributed by atoms with van der Waals surface area (Å²) in [6.45, 7) is 6.44. The molecule has 0 fully saturated rings. The first kappa shape index (κ1) is 14.8. The average Bonchev–Trinajstić information content (AvgIpc) is 2.81. The summed E-state index contributed by atoms with van der Waals surface area (Å²) in [7, 11) is 1.52. The van der Waals surface area contributed by atoms with E-state index in [1.54, 1.807) is 12.4 Å². The third kappa shape index (κ3) is 3.12. The monoisotopic (exact) mass is 340 g/mol. The Morgan fingerprint density at radius 3 is 2.70 bits per heavy atom. The molecule has 2 rings (SSSR count). The van der Waals surface area contributed by atoms with Gasteiger partial charge in [0.05, 0.1) is 17.8 Å². The molecule has 2 heterocycles. The van der Waals surface area contributed by atoms with Crippen molar-refractivity contribution in [3.63, 3.8) is 0 Å². The molecule has 0 bridgehead atoms. The van der Waals surface area contributed by atoms with Crippen LogP contribution in [0.4, 0.5) is 0 Å². The Kier molecular flexibility index (Phi) is 4.04. The van der Waals surface area contributed by atoms with Gasteiger partial charge in [0.2, 0.25) is 5.89 Å². The summed E-state index contributed by atoms with van der Waals surface area (Å²) in [5.41, 5.74) is -0.267. The maximum Gasteiger partial charge on any atom is 0.254 e. The highest BCUT2D eigenvalue weighted by Crippen LogP contribution is 2.24. The van der Waals surface area contributed by atoms with Gasteiger partial charge in [-0.05, 0) is 15.9 Å². The van der Waals surface area contributed by atoms with E-state index in [1.807, 2.05) is 20.8 Å². The number of nitrogens with zero attached hydrogens (tertiary/aromatic N) is 2. The lowest BCUT2D eigenvalue weighted by atomic mass is 9.94. The molecule has 0 aromatic carbocycles. The van der Waals surface area contributed by atoms with E-state index in [-0.39, 0.29) is 17.5 Å². The number of halogens is 1. The van der Waals surface area contributed by atoms with Gasteiger partial charge in [0.15, 0.2) is 0 Å². The highest BCUT2D eigenvalue weighted by molar-refractivity contribution is 9.10. The number of pyridine rings is 1. The normalized spacial score (nSPS) is 11.7. The SMILES string of the molecule is COc1cc(=O)n(Cc2ncc(C(C)(C)C)o2)cc1Br. The molecular weight excluding hydrogens is 324 g/mol. The first-order valence-corrected chi connectivity index (χ1v) is 6.99. The van der Waals surface area contributed by atoms with Crippen molar-refractivity contribution in [2.24, 2.45) is 0 Å². The standard InChI is InChI=1S/C14H17BrN2O3/c1-14(2,3)11-6-16-12(20-11)8-17-7-9(15)10(19-4)5-13(17)18/h5-7H,8H2,1-4H3. The minimum absolute atomic E-state index is 0.100. The molecule has 5 nitrogen and oxygen atoms in total. The molecule has 0 unspecified atom stereocenters. The van der Waals surface area contributed by atoms with Gasteiger partial charge in [-0.25, -0.2) is 4.98 Å².